The van der Waals surface area contributed by atoms with Crippen LogP contribution in [0.25, 0.3) is 0 Å². The van der Waals surface area contributed by atoms with Gasteiger partial charge in [0, 0.05) is 6.07 Å². The Balaban J connectivity index is 1.45. The predicted octanol–water partition coefficient (Wildman–Crippen LogP) is 2.36. The third kappa shape index (κ3) is 4.59. The molecule has 0 fully saturated rings. The van der Waals surface area contributed by atoms with Crippen LogP contribution in [0, 0.1) is 11.6 Å². The summed E-state index contributed by atoms with van der Waals surface area (Å²) in [5.41, 5.74) is 0.699. The van der Waals surface area contributed by atoms with E-state index in [1.165, 1.54) is 36.4 Å². The number of nitrogens with one attached hydrogen (secondary N) is 1. The molecule has 0 bridgehead atoms. The van der Waals surface area contributed by atoms with Crippen LogP contribution in [-0.4, -0.2) is 38.8 Å². The van der Waals surface area contributed by atoms with E-state index in [1.54, 1.807) is 6.07 Å². The molecule has 1 heterocycles. The number of halogens is 2. The molecule has 2 aromatic rings. The van der Waals surface area contributed by atoms with E-state index >= 15 is 0 Å². The lowest BCUT2D eigenvalue weighted by Crippen LogP contribution is -2.42. The molecule has 1 N–H and O–H groups in total. The maximum atomic E-state index is 13.2. The van der Waals surface area contributed by atoms with Gasteiger partial charge in [-0.2, -0.15) is 0 Å². The number of amides is 1. The topological polar surface area (TPSA) is 50.8 Å². The Labute approximate surface area is 144 Å². The summed E-state index contributed by atoms with van der Waals surface area (Å²) in [6.07, 6.45) is 0. The van der Waals surface area contributed by atoms with Crippen molar-refractivity contribution in [2.45, 2.75) is 0 Å². The first-order valence-electron chi connectivity index (χ1n) is 7.94. The molecule has 132 valence electrons. The second-order valence-corrected chi connectivity index (χ2v) is 5.53. The Morgan fingerprint density at radius 1 is 1.16 bits per heavy atom. The highest BCUT2D eigenvalue weighted by Crippen LogP contribution is 2.31. The van der Waals surface area contributed by atoms with E-state index < -0.39 is 0 Å². The summed E-state index contributed by atoms with van der Waals surface area (Å²) >= 11 is 0. The molecule has 0 saturated carbocycles. The number of nitrogens with zero attached hydrogens (tertiary/aromatic N) is 1. The van der Waals surface area contributed by atoms with Crippen LogP contribution in [0.1, 0.15) is 0 Å². The van der Waals surface area contributed by atoms with E-state index in [2.05, 4.69) is 5.32 Å². The highest BCUT2D eigenvalue weighted by atomic mass is 19.1. The van der Waals surface area contributed by atoms with Gasteiger partial charge in [0.2, 0.25) is 5.91 Å². The van der Waals surface area contributed by atoms with Gasteiger partial charge < -0.3 is 19.7 Å². The van der Waals surface area contributed by atoms with Gasteiger partial charge in [-0.05, 0) is 36.4 Å². The molecule has 2 aromatic carbocycles. The number of benzene rings is 2. The number of ether oxygens (including phenoxy) is 2. The second-order valence-electron chi connectivity index (χ2n) is 5.53. The van der Waals surface area contributed by atoms with Crippen LogP contribution in [0.2, 0.25) is 0 Å². The Bertz CT molecular complexity index is 738. The third-order valence-corrected chi connectivity index (χ3v) is 3.72. The first-order valence-corrected chi connectivity index (χ1v) is 7.94. The Morgan fingerprint density at radius 3 is 2.72 bits per heavy atom. The lowest BCUT2D eigenvalue weighted by Gasteiger charge is -2.30. The number of rotatable bonds is 6. The minimum Gasteiger partial charge on any atom is -0.492 e. The smallest absolute Gasteiger partial charge is 0.239 e. The van der Waals surface area contributed by atoms with E-state index in [0.29, 0.717) is 36.9 Å². The van der Waals surface area contributed by atoms with Gasteiger partial charge in [0.25, 0.3) is 0 Å². The maximum absolute atomic E-state index is 13.2. The molecule has 0 radical (unpaired) electrons. The van der Waals surface area contributed by atoms with Gasteiger partial charge in [-0.3, -0.25) is 4.79 Å². The minimum absolute atomic E-state index is 0.151. The van der Waals surface area contributed by atoms with Crippen LogP contribution in [-0.2, 0) is 4.79 Å². The highest BCUT2D eigenvalue weighted by molar-refractivity contribution is 5.82. The normalized spacial score (nSPS) is 13.0. The van der Waals surface area contributed by atoms with E-state index in [0.717, 1.165) is 0 Å². The number of carbonyl (C=O) groups is 1. The summed E-state index contributed by atoms with van der Waals surface area (Å²) in [7, 11) is 0. The third-order valence-electron chi connectivity index (χ3n) is 3.72. The van der Waals surface area contributed by atoms with Gasteiger partial charge in [0.1, 0.15) is 36.3 Å². The van der Waals surface area contributed by atoms with Crippen LogP contribution in [0.15, 0.2) is 42.5 Å². The van der Waals surface area contributed by atoms with Gasteiger partial charge in [0.05, 0.1) is 25.3 Å². The van der Waals surface area contributed by atoms with Crippen molar-refractivity contribution in [1.29, 1.82) is 0 Å². The summed E-state index contributed by atoms with van der Waals surface area (Å²) < 4.78 is 36.8. The Hall–Kier alpha value is -2.83. The zero-order valence-electron chi connectivity index (χ0n) is 13.5. The van der Waals surface area contributed by atoms with Crippen molar-refractivity contribution in [2.24, 2.45) is 0 Å². The number of anilines is 1. The van der Waals surface area contributed by atoms with E-state index in [-0.39, 0.29) is 30.7 Å². The van der Waals surface area contributed by atoms with Gasteiger partial charge in [-0.15, -0.1) is 0 Å². The Kier molecular flexibility index (Phi) is 5.33. The summed E-state index contributed by atoms with van der Waals surface area (Å²) in [6.45, 7) is 1.72. The zero-order chi connectivity index (χ0) is 17.6. The van der Waals surface area contributed by atoms with Crippen molar-refractivity contribution in [3.05, 3.63) is 54.1 Å². The van der Waals surface area contributed by atoms with Crippen LogP contribution >= 0.6 is 0 Å². The lowest BCUT2D eigenvalue weighted by atomic mass is 10.2. The molecule has 1 amide bonds. The maximum Gasteiger partial charge on any atom is 0.239 e. The molecule has 25 heavy (non-hydrogen) atoms. The molecule has 0 spiro atoms. The molecule has 5 nitrogen and oxygen atoms in total. The monoisotopic (exact) mass is 348 g/mol. The standard InChI is InChI=1S/C18H18F2N2O3/c19-13-1-4-15(5-2-13)24-9-7-21-18(23)12-22-8-10-25-17-11-14(20)3-6-16(17)22/h1-6,11H,7-10,12H2,(H,21,23). The van der Waals surface area contributed by atoms with Crippen molar-refractivity contribution in [3.8, 4) is 11.5 Å². The molecular weight excluding hydrogens is 330 g/mol. The van der Waals surface area contributed by atoms with E-state index in [1.807, 2.05) is 4.90 Å². The predicted molar refractivity (Wildman–Crippen MR) is 89.0 cm³/mol. The van der Waals surface area contributed by atoms with Gasteiger partial charge in [-0.25, -0.2) is 8.78 Å². The number of carbonyl (C=O) groups excluding carboxylic acids is 1. The molecule has 1 aliphatic rings. The molecular formula is C18H18F2N2O3. The lowest BCUT2D eigenvalue weighted by molar-refractivity contribution is -0.119. The molecule has 1 aliphatic heterocycles. The average Bonchev–Trinajstić information content (AvgIpc) is 2.60. The molecule has 7 heteroatoms. The second kappa shape index (κ2) is 7.83. The van der Waals surface area contributed by atoms with E-state index in [4.69, 9.17) is 9.47 Å². The molecule has 3 rings (SSSR count). The highest BCUT2D eigenvalue weighted by Gasteiger charge is 2.20. The largest absolute Gasteiger partial charge is 0.492 e. The fourth-order valence-corrected chi connectivity index (χ4v) is 2.53. The van der Waals surface area contributed by atoms with Crippen LogP contribution in [0.5, 0.6) is 11.5 Å². The molecule has 0 aromatic heterocycles. The molecule has 0 atom stereocenters. The van der Waals surface area contributed by atoms with Gasteiger partial charge >= 0.3 is 0 Å². The molecule has 0 saturated heterocycles. The summed E-state index contributed by atoms with van der Waals surface area (Å²) in [5, 5.41) is 2.76. The first kappa shape index (κ1) is 17.0. The van der Waals surface area contributed by atoms with Crippen molar-refractivity contribution >= 4 is 11.6 Å². The molecule has 0 unspecified atom stereocenters. The van der Waals surface area contributed by atoms with Crippen LogP contribution in [0.3, 0.4) is 0 Å². The van der Waals surface area contributed by atoms with Crippen LogP contribution < -0.4 is 19.7 Å². The summed E-state index contributed by atoms with van der Waals surface area (Å²) in [6, 6.07) is 9.95. The fraction of sp³-hybridized carbons (Fsp3) is 0.278. The quantitative estimate of drug-likeness (QED) is 0.815. The van der Waals surface area contributed by atoms with Gasteiger partial charge in [-0.1, -0.05) is 0 Å². The van der Waals surface area contributed by atoms with Crippen molar-refractivity contribution in [1.82, 2.24) is 5.32 Å². The zero-order valence-corrected chi connectivity index (χ0v) is 13.5. The first-order chi connectivity index (χ1) is 12.1. The summed E-state index contributed by atoms with van der Waals surface area (Å²) in [4.78, 5) is 13.9. The van der Waals surface area contributed by atoms with Crippen molar-refractivity contribution < 1.29 is 23.0 Å². The Morgan fingerprint density at radius 2 is 1.92 bits per heavy atom. The number of hydrogen-bond donors (Lipinski definition) is 1. The van der Waals surface area contributed by atoms with Crippen molar-refractivity contribution in [3.63, 3.8) is 0 Å². The summed E-state index contributed by atoms with van der Waals surface area (Å²) in [5.74, 6) is 0.118. The SMILES string of the molecule is O=C(CN1CCOc2cc(F)ccc21)NCCOc1ccc(F)cc1. The van der Waals surface area contributed by atoms with E-state index in [9.17, 15) is 13.6 Å². The average molecular weight is 348 g/mol. The molecule has 0 aliphatic carbocycles. The van der Waals surface area contributed by atoms with Gasteiger partial charge in [0.15, 0.2) is 0 Å². The van der Waals surface area contributed by atoms with Crippen molar-refractivity contribution in [2.75, 3.05) is 37.7 Å². The minimum atomic E-state index is -0.372. The fourth-order valence-electron chi connectivity index (χ4n) is 2.53. The number of hydrogen-bond acceptors (Lipinski definition) is 4. The number of fused-ring (bicyclic) bond motifs is 1. The van der Waals surface area contributed by atoms with Crippen LogP contribution in [0.4, 0.5) is 14.5 Å².